The Morgan fingerprint density at radius 2 is 1.03 bits per heavy atom. The molecule has 0 radical (unpaired) electrons. The minimum Gasteiger partial charge on any atom is -0.469 e. The molecule has 1 aromatic carbocycles. The molecule has 0 aliphatic carbocycles. The van der Waals surface area contributed by atoms with Crippen LogP contribution >= 0.6 is 0 Å². The maximum Gasteiger partial charge on any atom is 0.316 e. The Morgan fingerprint density at radius 3 is 1.34 bits per heavy atom. The Kier molecular flexibility index (Phi) is 10.2. The topological polar surface area (TPSA) is 139 Å². The van der Waals surface area contributed by atoms with Gasteiger partial charge >= 0.3 is 23.9 Å². The zero-order valence-corrected chi connectivity index (χ0v) is 18.5. The molecule has 1 aromatic rings. The van der Waals surface area contributed by atoms with Gasteiger partial charge in [-0.05, 0) is 12.5 Å². The molecule has 10 nitrogen and oxygen atoms in total. The van der Waals surface area contributed by atoms with Gasteiger partial charge in [0.15, 0.2) is 11.6 Å². The predicted octanol–water partition coefficient (Wildman–Crippen LogP) is 0.921. The van der Waals surface area contributed by atoms with E-state index in [0.717, 1.165) is 34.0 Å². The van der Waals surface area contributed by atoms with Gasteiger partial charge in [0.2, 0.25) is 0 Å². The van der Waals surface area contributed by atoms with E-state index in [-0.39, 0.29) is 5.56 Å². The van der Waals surface area contributed by atoms with Gasteiger partial charge in [-0.3, -0.25) is 28.8 Å². The van der Waals surface area contributed by atoms with Crippen molar-refractivity contribution >= 4 is 35.4 Å². The van der Waals surface area contributed by atoms with E-state index < -0.39 is 66.0 Å². The summed E-state index contributed by atoms with van der Waals surface area (Å²) in [5.41, 5.74) is 1.09. The van der Waals surface area contributed by atoms with Crippen LogP contribution in [0.5, 0.6) is 0 Å². The SMILES string of the molecule is COC(=O)CC(=O)[C@H](C(=O)OC)C(c1ccc(C)cc1)[C@@H](C(=O)CC(=O)OC)C(=O)OC. The van der Waals surface area contributed by atoms with Crippen LogP contribution in [0.15, 0.2) is 24.3 Å². The Balaban J connectivity index is 3.71. The van der Waals surface area contributed by atoms with Gasteiger partial charge < -0.3 is 18.9 Å². The number of benzene rings is 1. The number of carbonyl (C=O) groups excluding carboxylic acids is 6. The molecule has 0 N–H and O–H groups in total. The largest absolute Gasteiger partial charge is 0.469 e. The third-order valence-corrected chi connectivity index (χ3v) is 4.88. The first kappa shape index (κ1) is 26.5. The third kappa shape index (κ3) is 6.73. The average Bonchev–Trinajstić information content (AvgIpc) is 2.78. The Bertz CT molecular complexity index is 821. The van der Waals surface area contributed by atoms with E-state index in [2.05, 4.69) is 9.47 Å². The van der Waals surface area contributed by atoms with Crippen molar-refractivity contribution in [3.05, 3.63) is 35.4 Å². The van der Waals surface area contributed by atoms with Crippen molar-refractivity contribution in [2.75, 3.05) is 28.4 Å². The summed E-state index contributed by atoms with van der Waals surface area (Å²) in [5.74, 6) is -10.7. The van der Waals surface area contributed by atoms with E-state index in [1.54, 1.807) is 19.1 Å². The fourth-order valence-electron chi connectivity index (χ4n) is 3.23. The Labute approximate surface area is 185 Å². The minimum atomic E-state index is -1.73. The lowest BCUT2D eigenvalue weighted by Crippen LogP contribution is -2.42. The van der Waals surface area contributed by atoms with E-state index in [0.29, 0.717) is 0 Å². The van der Waals surface area contributed by atoms with Crippen LogP contribution in [0.3, 0.4) is 0 Å². The number of methoxy groups -OCH3 is 4. The molecule has 0 bridgehead atoms. The molecule has 0 heterocycles. The lowest BCUT2D eigenvalue weighted by Gasteiger charge is -2.29. The second kappa shape index (κ2) is 12.3. The Morgan fingerprint density at radius 1 is 0.656 bits per heavy atom. The van der Waals surface area contributed by atoms with Gasteiger partial charge in [-0.2, -0.15) is 0 Å². The molecule has 0 spiro atoms. The molecule has 32 heavy (non-hydrogen) atoms. The Hall–Kier alpha value is -3.56. The number of Topliss-reactive ketones (excluding diaryl/α,β-unsaturated/α-hetero) is 2. The van der Waals surface area contributed by atoms with Gasteiger partial charge in [0, 0.05) is 5.92 Å². The summed E-state index contributed by atoms with van der Waals surface area (Å²) in [6.07, 6.45) is -1.59. The summed E-state index contributed by atoms with van der Waals surface area (Å²) >= 11 is 0. The van der Waals surface area contributed by atoms with E-state index in [1.165, 1.54) is 12.1 Å². The fraction of sp³-hybridized carbons (Fsp3) is 0.455. The highest BCUT2D eigenvalue weighted by molar-refractivity contribution is 6.11. The maximum absolute atomic E-state index is 13.0. The summed E-state index contributed by atoms with van der Waals surface area (Å²) in [7, 11) is 4.18. The summed E-state index contributed by atoms with van der Waals surface area (Å²) < 4.78 is 18.5. The van der Waals surface area contributed by atoms with Crippen LogP contribution in [-0.2, 0) is 47.7 Å². The fourth-order valence-corrected chi connectivity index (χ4v) is 3.23. The predicted molar refractivity (Wildman–Crippen MR) is 108 cm³/mol. The van der Waals surface area contributed by atoms with Crippen LogP contribution in [0.2, 0.25) is 0 Å². The highest BCUT2D eigenvalue weighted by Crippen LogP contribution is 2.37. The molecule has 174 valence electrons. The molecule has 0 aliphatic heterocycles. The second-order valence-electron chi connectivity index (χ2n) is 6.88. The molecule has 0 aliphatic rings. The van der Waals surface area contributed by atoms with Crippen molar-refractivity contribution in [2.45, 2.75) is 25.7 Å². The van der Waals surface area contributed by atoms with E-state index >= 15 is 0 Å². The zero-order valence-electron chi connectivity index (χ0n) is 18.5. The molecule has 10 heteroatoms. The number of aryl methyl sites for hydroxylation is 1. The minimum absolute atomic E-state index is 0.262. The third-order valence-electron chi connectivity index (χ3n) is 4.88. The molecule has 1 rings (SSSR count). The van der Waals surface area contributed by atoms with Crippen LogP contribution < -0.4 is 0 Å². The summed E-state index contributed by atoms with van der Waals surface area (Å²) in [6.45, 7) is 1.79. The molecule has 0 fully saturated rings. The number of esters is 4. The number of hydrogen-bond donors (Lipinski definition) is 0. The van der Waals surface area contributed by atoms with Crippen molar-refractivity contribution in [3.63, 3.8) is 0 Å². The number of ether oxygens (including phenoxy) is 4. The summed E-state index contributed by atoms with van der Waals surface area (Å²) in [6, 6.07) is 6.37. The zero-order chi connectivity index (χ0) is 24.4. The van der Waals surface area contributed by atoms with Crippen molar-refractivity contribution in [3.8, 4) is 0 Å². The second-order valence-corrected chi connectivity index (χ2v) is 6.88. The van der Waals surface area contributed by atoms with E-state index in [1.807, 2.05) is 0 Å². The van der Waals surface area contributed by atoms with Crippen molar-refractivity contribution < 1.29 is 47.7 Å². The first-order chi connectivity index (χ1) is 15.1. The molecule has 3 atom stereocenters. The standard InChI is InChI=1S/C22H26O10/c1-12-6-8-13(9-7-12)18(19(21(27)31-4)14(23)10-16(25)29-2)20(22(28)32-5)15(24)11-17(26)30-3/h6-9,18-20H,10-11H2,1-5H3/t18?,19-,20+. The van der Waals surface area contributed by atoms with Gasteiger partial charge in [-0.15, -0.1) is 0 Å². The highest BCUT2D eigenvalue weighted by Gasteiger charge is 2.48. The first-order valence-corrected chi connectivity index (χ1v) is 9.52. The number of rotatable bonds is 11. The number of hydrogen-bond acceptors (Lipinski definition) is 10. The smallest absolute Gasteiger partial charge is 0.316 e. The number of ketones is 2. The van der Waals surface area contributed by atoms with E-state index in [4.69, 9.17) is 9.47 Å². The van der Waals surface area contributed by atoms with Gasteiger partial charge in [0.25, 0.3) is 0 Å². The number of carbonyl (C=O) groups is 6. The van der Waals surface area contributed by atoms with Gasteiger partial charge in [0.1, 0.15) is 24.7 Å². The van der Waals surface area contributed by atoms with Gasteiger partial charge in [0.05, 0.1) is 28.4 Å². The van der Waals surface area contributed by atoms with Crippen LogP contribution in [0, 0.1) is 18.8 Å². The molecule has 0 saturated carbocycles. The van der Waals surface area contributed by atoms with Crippen molar-refractivity contribution in [1.29, 1.82) is 0 Å². The molecular weight excluding hydrogens is 424 g/mol. The average molecular weight is 450 g/mol. The molecule has 1 unspecified atom stereocenters. The molecule has 0 saturated heterocycles. The van der Waals surface area contributed by atoms with Crippen LogP contribution in [0.25, 0.3) is 0 Å². The van der Waals surface area contributed by atoms with Crippen LogP contribution in [-0.4, -0.2) is 63.9 Å². The lowest BCUT2D eigenvalue weighted by molar-refractivity contribution is -0.156. The van der Waals surface area contributed by atoms with E-state index in [9.17, 15) is 28.8 Å². The lowest BCUT2D eigenvalue weighted by atomic mass is 9.72. The summed E-state index contributed by atoms with van der Waals surface area (Å²) in [5, 5.41) is 0. The monoisotopic (exact) mass is 450 g/mol. The first-order valence-electron chi connectivity index (χ1n) is 9.52. The molecular formula is C22H26O10. The van der Waals surface area contributed by atoms with Crippen molar-refractivity contribution in [1.82, 2.24) is 0 Å². The molecule has 0 amide bonds. The normalized spacial score (nSPS) is 13.2. The van der Waals surface area contributed by atoms with Gasteiger partial charge in [-0.1, -0.05) is 29.8 Å². The maximum atomic E-state index is 13.0. The summed E-state index contributed by atoms with van der Waals surface area (Å²) in [4.78, 5) is 74.7. The van der Waals surface area contributed by atoms with Gasteiger partial charge in [-0.25, -0.2) is 0 Å². The van der Waals surface area contributed by atoms with Crippen molar-refractivity contribution in [2.24, 2.45) is 11.8 Å². The van der Waals surface area contributed by atoms with Crippen LogP contribution in [0.4, 0.5) is 0 Å². The quantitative estimate of drug-likeness (QED) is 0.272. The molecule has 0 aromatic heterocycles. The highest BCUT2D eigenvalue weighted by atomic mass is 16.5. The van der Waals surface area contributed by atoms with Crippen LogP contribution in [0.1, 0.15) is 29.9 Å².